The fourth-order valence-electron chi connectivity index (χ4n) is 1.77. The number of carboxylic acids is 1. The smallest absolute Gasteiger partial charge is 0.336 e. The fourth-order valence-corrected chi connectivity index (χ4v) is 2.03. The zero-order valence-corrected chi connectivity index (χ0v) is 11.9. The van der Waals surface area contributed by atoms with E-state index >= 15 is 0 Å². The van der Waals surface area contributed by atoms with E-state index in [0.717, 1.165) is 22.9 Å². The second-order valence-electron chi connectivity index (χ2n) is 5.09. The second-order valence-corrected chi connectivity index (χ2v) is 6.01. The van der Waals surface area contributed by atoms with Gasteiger partial charge in [-0.2, -0.15) is 0 Å². The first-order valence-corrected chi connectivity index (χ1v) is 6.91. The Bertz CT molecular complexity index is 425. The van der Waals surface area contributed by atoms with Gasteiger partial charge in [-0.25, -0.2) is 4.79 Å². The number of halogens is 1. The van der Waals surface area contributed by atoms with Gasteiger partial charge in [-0.3, -0.25) is 0 Å². The number of ether oxygens (including phenoxy) is 1. The highest BCUT2D eigenvalue weighted by atomic mass is 79.9. The summed E-state index contributed by atoms with van der Waals surface area (Å²) in [4.78, 5) is 11.4. The Morgan fingerprint density at radius 2 is 2.06 bits per heavy atom. The minimum atomic E-state index is -1.13. The molecule has 18 heavy (non-hydrogen) atoms. The number of rotatable bonds is 6. The lowest BCUT2D eigenvalue weighted by Crippen LogP contribution is -2.41. The van der Waals surface area contributed by atoms with Gasteiger partial charge in [0.05, 0.1) is 6.61 Å². The van der Waals surface area contributed by atoms with Gasteiger partial charge in [-0.1, -0.05) is 28.1 Å². The maximum absolute atomic E-state index is 11.4. The van der Waals surface area contributed by atoms with Gasteiger partial charge in [0.2, 0.25) is 0 Å². The summed E-state index contributed by atoms with van der Waals surface area (Å²) in [6.45, 7) is 2.21. The summed E-state index contributed by atoms with van der Waals surface area (Å²) in [5.74, 6) is -0.334. The van der Waals surface area contributed by atoms with Crippen molar-refractivity contribution in [2.45, 2.75) is 31.8 Å². The van der Waals surface area contributed by atoms with E-state index in [4.69, 9.17) is 4.74 Å². The maximum atomic E-state index is 11.4. The lowest BCUT2D eigenvalue weighted by molar-refractivity contribution is -0.164. The van der Waals surface area contributed by atoms with Crippen LogP contribution in [0.5, 0.6) is 0 Å². The van der Waals surface area contributed by atoms with Crippen molar-refractivity contribution in [3.63, 3.8) is 0 Å². The Kier molecular flexibility index (Phi) is 4.07. The zero-order valence-electron chi connectivity index (χ0n) is 10.4. The normalized spacial score (nSPS) is 18.3. The summed E-state index contributed by atoms with van der Waals surface area (Å²) < 4.78 is 6.63. The molecule has 1 atom stereocenters. The van der Waals surface area contributed by atoms with Crippen molar-refractivity contribution < 1.29 is 14.6 Å². The largest absolute Gasteiger partial charge is 0.479 e. The van der Waals surface area contributed by atoms with Crippen LogP contribution in [0.2, 0.25) is 0 Å². The number of hydrogen-bond acceptors (Lipinski definition) is 2. The number of carbonyl (C=O) groups is 1. The van der Waals surface area contributed by atoms with Crippen LogP contribution >= 0.6 is 15.9 Å². The van der Waals surface area contributed by atoms with Crippen LogP contribution in [0.15, 0.2) is 28.7 Å². The molecular weight excluding hydrogens is 296 g/mol. The summed E-state index contributed by atoms with van der Waals surface area (Å²) in [6.07, 6.45) is 2.71. The standard InChI is InChI=1S/C14H17BrO3/c1-14(13(16)17,18-9-11-2-3-11)8-10-4-6-12(15)7-5-10/h4-7,11H,2-3,8-9H2,1H3,(H,16,17)/t14-/m0/s1. The minimum absolute atomic E-state index is 0.391. The van der Waals surface area contributed by atoms with Crippen molar-refractivity contribution in [3.8, 4) is 0 Å². The van der Waals surface area contributed by atoms with Crippen molar-refractivity contribution in [2.24, 2.45) is 5.92 Å². The number of aliphatic carboxylic acids is 1. The van der Waals surface area contributed by atoms with Gasteiger partial charge in [-0.15, -0.1) is 0 Å². The van der Waals surface area contributed by atoms with Crippen molar-refractivity contribution in [2.75, 3.05) is 6.61 Å². The van der Waals surface area contributed by atoms with Gasteiger partial charge in [0.15, 0.2) is 5.60 Å². The van der Waals surface area contributed by atoms with E-state index in [-0.39, 0.29) is 0 Å². The molecule has 1 N–H and O–H groups in total. The fraction of sp³-hybridized carbons (Fsp3) is 0.500. The van der Waals surface area contributed by atoms with E-state index in [1.165, 1.54) is 0 Å². The molecule has 1 aliphatic carbocycles. The van der Waals surface area contributed by atoms with Crippen LogP contribution in [-0.4, -0.2) is 23.3 Å². The number of carboxylic acid groups (broad SMARTS) is 1. The molecule has 1 saturated carbocycles. The first-order valence-electron chi connectivity index (χ1n) is 6.11. The van der Waals surface area contributed by atoms with E-state index in [1.807, 2.05) is 24.3 Å². The number of hydrogen-bond donors (Lipinski definition) is 1. The topological polar surface area (TPSA) is 46.5 Å². The predicted molar refractivity (Wildman–Crippen MR) is 72.6 cm³/mol. The molecule has 1 aliphatic rings. The summed E-state index contributed by atoms with van der Waals surface area (Å²) in [5.41, 5.74) is -0.157. The van der Waals surface area contributed by atoms with Crippen LogP contribution < -0.4 is 0 Å². The molecule has 1 aromatic carbocycles. The molecule has 0 unspecified atom stereocenters. The molecule has 2 rings (SSSR count). The molecule has 0 amide bonds. The first kappa shape index (κ1) is 13.6. The van der Waals surface area contributed by atoms with E-state index in [9.17, 15) is 9.90 Å². The van der Waals surface area contributed by atoms with Crippen molar-refractivity contribution in [1.82, 2.24) is 0 Å². The molecule has 1 fully saturated rings. The van der Waals surface area contributed by atoms with Crippen molar-refractivity contribution in [3.05, 3.63) is 34.3 Å². The maximum Gasteiger partial charge on any atom is 0.336 e. The van der Waals surface area contributed by atoms with E-state index < -0.39 is 11.6 Å². The quantitative estimate of drug-likeness (QED) is 0.877. The van der Waals surface area contributed by atoms with Gasteiger partial charge in [0, 0.05) is 10.9 Å². The third-order valence-electron chi connectivity index (χ3n) is 3.24. The molecular formula is C14H17BrO3. The summed E-state index contributed by atoms with van der Waals surface area (Å²) >= 11 is 3.36. The molecule has 0 heterocycles. The van der Waals surface area contributed by atoms with Gasteiger partial charge in [0.25, 0.3) is 0 Å². The van der Waals surface area contributed by atoms with Crippen LogP contribution in [0.3, 0.4) is 0 Å². The molecule has 4 heteroatoms. The molecule has 0 aliphatic heterocycles. The van der Waals surface area contributed by atoms with Crippen molar-refractivity contribution in [1.29, 1.82) is 0 Å². The van der Waals surface area contributed by atoms with Crippen LogP contribution in [0.1, 0.15) is 25.3 Å². The molecule has 0 spiro atoms. The highest BCUT2D eigenvalue weighted by Crippen LogP contribution is 2.31. The van der Waals surface area contributed by atoms with E-state index in [0.29, 0.717) is 18.9 Å². The highest BCUT2D eigenvalue weighted by Gasteiger charge is 2.36. The Morgan fingerprint density at radius 1 is 1.44 bits per heavy atom. The molecule has 0 radical (unpaired) electrons. The molecule has 0 bridgehead atoms. The van der Waals surface area contributed by atoms with E-state index in [1.54, 1.807) is 6.92 Å². The van der Waals surface area contributed by atoms with Gasteiger partial charge < -0.3 is 9.84 Å². The summed E-state index contributed by atoms with van der Waals surface area (Å²) in [5, 5.41) is 9.35. The van der Waals surface area contributed by atoms with Crippen LogP contribution in [0, 0.1) is 5.92 Å². The lowest BCUT2D eigenvalue weighted by atomic mass is 9.96. The average molecular weight is 313 g/mol. The third-order valence-corrected chi connectivity index (χ3v) is 3.77. The minimum Gasteiger partial charge on any atom is -0.479 e. The zero-order chi connectivity index (χ0) is 13.2. The van der Waals surface area contributed by atoms with Crippen LogP contribution in [0.25, 0.3) is 0 Å². The first-order chi connectivity index (χ1) is 8.49. The highest BCUT2D eigenvalue weighted by molar-refractivity contribution is 9.10. The third kappa shape index (κ3) is 3.56. The average Bonchev–Trinajstić information content (AvgIpc) is 3.13. The van der Waals surface area contributed by atoms with Gasteiger partial charge in [0.1, 0.15) is 0 Å². The Balaban J connectivity index is 2.03. The summed E-state index contributed by atoms with van der Waals surface area (Å²) in [7, 11) is 0. The molecule has 0 aromatic heterocycles. The molecule has 98 valence electrons. The Labute approximate surface area is 115 Å². The predicted octanol–water partition coefficient (Wildman–Crippen LogP) is 3.26. The second kappa shape index (κ2) is 5.41. The summed E-state index contributed by atoms with van der Waals surface area (Å²) in [6, 6.07) is 7.68. The lowest BCUT2D eigenvalue weighted by Gasteiger charge is -2.25. The Morgan fingerprint density at radius 3 is 2.56 bits per heavy atom. The molecule has 0 saturated heterocycles. The van der Waals surface area contributed by atoms with Gasteiger partial charge >= 0.3 is 5.97 Å². The van der Waals surface area contributed by atoms with Crippen LogP contribution in [-0.2, 0) is 16.0 Å². The SMILES string of the molecule is C[C@@](Cc1ccc(Br)cc1)(OCC1CC1)C(=O)O. The van der Waals surface area contributed by atoms with Crippen molar-refractivity contribution >= 4 is 21.9 Å². The van der Waals surface area contributed by atoms with E-state index in [2.05, 4.69) is 15.9 Å². The Hall–Kier alpha value is -0.870. The monoisotopic (exact) mass is 312 g/mol. The van der Waals surface area contributed by atoms with Crippen LogP contribution in [0.4, 0.5) is 0 Å². The number of benzene rings is 1. The molecule has 3 nitrogen and oxygen atoms in total. The van der Waals surface area contributed by atoms with Gasteiger partial charge in [-0.05, 0) is 43.4 Å². The molecule has 1 aromatic rings.